The van der Waals surface area contributed by atoms with Crippen LogP contribution in [0, 0.1) is 5.41 Å². The number of nitrogens with zero attached hydrogens (tertiary/aromatic N) is 1. The first kappa shape index (κ1) is 10.4. The molecule has 2 aliphatic rings. The van der Waals surface area contributed by atoms with Crippen molar-refractivity contribution in [2.24, 2.45) is 5.41 Å². The second-order valence-electron chi connectivity index (χ2n) is 5.16. The number of hydrogen-bond donors (Lipinski definition) is 1. The molecule has 1 aliphatic carbocycles. The van der Waals surface area contributed by atoms with E-state index in [-0.39, 0.29) is 1.43 Å². The van der Waals surface area contributed by atoms with E-state index in [2.05, 4.69) is 31.0 Å². The molecule has 2 heteroatoms. The molecule has 0 amide bonds. The van der Waals surface area contributed by atoms with Crippen LogP contribution in [-0.2, 0) is 0 Å². The maximum absolute atomic E-state index is 3.66. The predicted molar refractivity (Wildman–Crippen MR) is 62.6 cm³/mol. The summed E-state index contributed by atoms with van der Waals surface area (Å²) in [6.07, 6.45) is 4.20. The van der Waals surface area contributed by atoms with Gasteiger partial charge in [-0.25, -0.2) is 0 Å². The van der Waals surface area contributed by atoms with E-state index in [0.717, 1.165) is 18.6 Å². The van der Waals surface area contributed by atoms with E-state index in [1.54, 1.807) is 0 Å². The fourth-order valence-electron chi connectivity index (χ4n) is 2.80. The number of hydrogen-bond acceptors (Lipinski definition) is 2. The summed E-state index contributed by atoms with van der Waals surface area (Å²) in [5.41, 5.74) is 0.680. The number of likely N-dealkylation sites (tertiary alicyclic amines) is 1. The highest BCUT2D eigenvalue weighted by molar-refractivity contribution is 5.10. The van der Waals surface area contributed by atoms with Gasteiger partial charge in [0.2, 0.25) is 0 Å². The van der Waals surface area contributed by atoms with E-state index in [1.807, 2.05) is 0 Å². The Morgan fingerprint density at radius 1 is 1.50 bits per heavy atom. The molecule has 0 aromatic rings. The molecule has 1 aliphatic heterocycles. The van der Waals surface area contributed by atoms with Gasteiger partial charge in [0.15, 0.2) is 0 Å². The van der Waals surface area contributed by atoms with Crippen LogP contribution in [0.3, 0.4) is 0 Å². The van der Waals surface area contributed by atoms with Crippen molar-refractivity contribution < 1.29 is 1.43 Å². The quantitative estimate of drug-likeness (QED) is 0.744. The second kappa shape index (κ2) is 3.82. The lowest BCUT2D eigenvalue weighted by Gasteiger charge is -2.22. The molecule has 14 heavy (non-hydrogen) atoms. The molecule has 84 valence electrons. The Bertz CT molecular complexity index is 204. The Kier molecular flexibility index (Phi) is 2.85. The van der Waals surface area contributed by atoms with Crippen molar-refractivity contribution in [3.8, 4) is 0 Å². The summed E-state index contributed by atoms with van der Waals surface area (Å²) >= 11 is 0. The van der Waals surface area contributed by atoms with Gasteiger partial charge in [0.25, 0.3) is 0 Å². The van der Waals surface area contributed by atoms with Gasteiger partial charge in [-0.05, 0) is 38.1 Å². The summed E-state index contributed by atoms with van der Waals surface area (Å²) < 4.78 is 0. The van der Waals surface area contributed by atoms with Crippen LogP contribution in [0.4, 0.5) is 0 Å². The topological polar surface area (TPSA) is 15.3 Å². The van der Waals surface area contributed by atoms with Crippen molar-refractivity contribution >= 4 is 0 Å². The van der Waals surface area contributed by atoms with Crippen LogP contribution in [0.5, 0.6) is 0 Å². The van der Waals surface area contributed by atoms with Crippen molar-refractivity contribution in [2.75, 3.05) is 19.6 Å². The van der Waals surface area contributed by atoms with Crippen molar-refractivity contribution in [3.63, 3.8) is 0 Å². The van der Waals surface area contributed by atoms with Gasteiger partial charge in [0, 0.05) is 26.6 Å². The minimum atomic E-state index is 0. The van der Waals surface area contributed by atoms with E-state index in [1.165, 1.54) is 32.4 Å². The van der Waals surface area contributed by atoms with Crippen molar-refractivity contribution in [1.82, 2.24) is 10.2 Å². The summed E-state index contributed by atoms with van der Waals surface area (Å²) in [5.74, 6) is 0. The molecule has 1 spiro atoms. The Labute approximate surface area is 89.5 Å². The summed E-state index contributed by atoms with van der Waals surface area (Å²) in [4.78, 5) is 2.68. The normalized spacial score (nSPS) is 32.4. The monoisotopic (exact) mass is 198 g/mol. The van der Waals surface area contributed by atoms with Crippen molar-refractivity contribution in [2.45, 2.75) is 52.1 Å². The summed E-state index contributed by atoms with van der Waals surface area (Å²) in [5, 5.41) is 3.66. The third-order valence-corrected chi connectivity index (χ3v) is 4.23. The van der Waals surface area contributed by atoms with Gasteiger partial charge < -0.3 is 5.32 Å². The first-order valence-electron chi connectivity index (χ1n) is 6.19. The lowest BCUT2D eigenvalue weighted by Crippen LogP contribution is -2.38. The standard InChI is InChI=1S/C12H24N2.H2/c1-4-10(3)14-8-11(13-5-2)12(9-14)6-7-12;/h10-11,13H,4-9H2,1-3H3;1H. The number of likely N-dealkylation sites (N-methyl/N-ethyl adjacent to an activating group) is 1. The largest absolute Gasteiger partial charge is 0.312 e. The predicted octanol–water partition coefficient (Wildman–Crippen LogP) is 2.10. The molecule has 1 N–H and O–H groups in total. The van der Waals surface area contributed by atoms with Gasteiger partial charge in [-0.15, -0.1) is 0 Å². The van der Waals surface area contributed by atoms with Crippen LogP contribution in [0.1, 0.15) is 41.5 Å². The maximum Gasteiger partial charge on any atom is 0.0263 e. The molecule has 2 unspecified atom stereocenters. The van der Waals surface area contributed by atoms with Crippen LogP contribution in [0.15, 0.2) is 0 Å². The van der Waals surface area contributed by atoms with Gasteiger partial charge >= 0.3 is 0 Å². The zero-order chi connectivity index (χ0) is 10.2. The van der Waals surface area contributed by atoms with E-state index < -0.39 is 0 Å². The minimum Gasteiger partial charge on any atom is -0.312 e. The van der Waals surface area contributed by atoms with Gasteiger partial charge in [-0.2, -0.15) is 0 Å². The summed E-state index contributed by atoms with van der Waals surface area (Å²) in [6, 6.07) is 1.55. The fraction of sp³-hybridized carbons (Fsp3) is 1.00. The van der Waals surface area contributed by atoms with E-state index >= 15 is 0 Å². The maximum atomic E-state index is 3.66. The molecule has 0 bridgehead atoms. The first-order chi connectivity index (χ1) is 6.72. The van der Waals surface area contributed by atoms with E-state index in [0.29, 0.717) is 5.41 Å². The van der Waals surface area contributed by atoms with E-state index in [9.17, 15) is 0 Å². The third kappa shape index (κ3) is 1.70. The first-order valence-corrected chi connectivity index (χ1v) is 6.19. The molecule has 2 atom stereocenters. The Balaban J connectivity index is 0.00000112. The average Bonchev–Trinajstić information content (AvgIpc) is 2.86. The zero-order valence-corrected chi connectivity index (χ0v) is 9.84. The Hall–Kier alpha value is -0.0800. The van der Waals surface area contributed by atoms with Crippen LogP contribution in [-0.4, -0.2) is 36.6 Å². The van der Waals surface area contributed by atoms with E-state index in [4.69, 9.17) is 0 Å². The molecule has 1 heterocycles. The van der Waals surface area contributed by atoms with Crippen LogP contribution >= 0.6 is 0 Å². The number of nitrogens with one attached hydrogen (secondary N) is 1. The molecule has 2 nitrogen and oxygen atoms in total. The SMILES string of the molecule is CCNC1CN(C(C)CC)CC12CC2.[HH]. The molecule has 0 aromatic heterocycles. The molecule has 1 saturated carbocycles. The van der Waals surface area contributed by atoms with Gasteiger partial charge in [0.1, 0.15) is 0 Å². The molecule has 0 radical (unpaired) electrons. The molecule has 2 rings (SSSR count). The van der Waals surface area contributed by atoms with Gasteiger partial charge in [-0.3, -0.25) is 4.90 Å². The number of rotatable bonds is 4. The smallest absolute Gasteiger partial charge is 0.0263 e. The highest BCUT2D eigenvalue weighted by Gasteiger charge is 2.54. The summed E-state index contributed by atoms with van der Waals surface area (Å²) in [6.45, 7) is 10.6. The van der Waals surface area contributed by atoms with Crippen molar-refractivity contribution in [3.05, 3.63) is 0 Å². The minimum absolute atomic E-state index is 0. The molecule has 0 aromatic carbocycles. The Morgan fingerprint density at radius 3 is 2.71 bits per heavy atom. The summed E-state index contributed by atoms with van der Waals surface area (Å²) in [7, 11) is 0. The third-order valence-electron chi connectivity index (χ3n) is 4.23. The molecule has 1 saturated heterocycles. The fourth-order valence-corrected chi connectivity index (χ4v) is 2.80. The van der Waals surface area contributed by atoms with Crippen molar-refractivity contribution in [1.29, 1.82) is 0 Å². The van der Waals surface area contributed by atoms with Crippen LogP contribution in [0.2, 0.25) is 0 Å². The lowest BCUT2D eigenvalue weighted by atomic mass is 10.0. The molecule has 2 fully saturated rings. The molecular formula is C12H26N2. The highest BCUT2D eigenvalue weighted by Crippen LogP contribution is 2.53. The average molecular weight is 198 g/mol. The zero-order valence-electron chi connectivity index (χ0n) is 9.84. The second-order valence-corrected chi connectivity index (χ2v) is 5.16. The van der Waals surface area contributed by atoms with Gasteiger partial charge in [-0.1, -0.05) is 13.8 Å². The van der Waals surface area contributed by atoms with Crippen LogP contribution < -0.4 is 5.32 Å². The Morgan fingerprint density at radius 2 is 2.21 bits per heavy atom. The highest BCUT2D eigenvalue weighted by atomic mass is 15.2. The molecular weight excluding hydrogens is 172 g/mol. The van der Waals surface area contributed by atoms with Crippen LogP contribution in [0.25, 0.3) is 0 Å². The lowest BCUT2D eigenvalue weighted by molar-refractivity contribution is 0.239. The van der Waals surface area contributed by atoms with Gasteiger partial charge in [0.05, 0.1) is 0 Å².